The molecule has 1 aliphatic rings. The van der Waals surface area contributed by atoms with Crippen molar-refractivity contribution < 1.29 is 24.2 Å². The monoisotopic (exact) mass is 370 g/mol. The SMILES string of the molecule is COc1ccc(C(=O)N2CCN(C(=O)c3cnc(C(=O)O)cn3)CC2)cc1. The number of rotatable bonds is 4. The number of nitrogens with zero attached hydrogens (tertiary/aromatic N) is 4. The highest BCUT2D eigenvalue weighted by molar-refractivity contribution is 5.95. The molecule has 1 saturated heterocycles. The van der Waals surface area contributed by atoms with E-state index in [0.717, 1.165) is 12.4 Å². The molecule has 27 heavy (non-hydrogen) atoms. The van der Waals surface area contributed by atoms with Gasteiger partial charge in [0.1, 0.15) is 11.4 Å². The minimum atomic E-state index is -1.20. The number of carboxylic acid groups (broad SMARTS) is 1. The Labute approximate surface area is 155 Å². The second kappa shape index (κ2) is 7.81. The van der Waals surface area contributed by atoms with E-state index in [1.165, 1.54) is 0 Å². The number of piperazine rings is 1. The van der Waals surface area contributed by atoms with E-state index in [2.05, 4.69) is 9.97 Å². The van der Waals surface area contributed by atoms with E-state index in [4.69, 9.17) is 9.84 Å². The van der Waals surface area contributed by atoms with Crippen molar-refractivity contribution in [1.82, 2.24) is 19.8 Å². The molecule has 0 bridgehead atoms. The van der Waals surface area contributed by atoms with Crippen LogP contribution in [0.5, 0.6) is 5.75 Å². The zero-order valence-electron chi connectivity index (χ0n) is 14.7. The Balaban J connectivity index is 1.59. The minimum absolute atomic E-state index is 0.0786. The second-order valence-corrected chi connectivity index (χ2v) is 5.90. The molecule has 0 radical (unpaired) electrons. The van der Waals surface area contributed by atoms with Gasteiger partial charge in [-0.05, 0) is 24.3 Å². The molecule has 0 unspecified atom stereocenters. The van der Waals surface area contributed by atoms with Crippen LogP contribution in [0.1, 0.15) is 31.3 Å². The standard InChI is InChI=1S/C18H18N4O5/c1-27-13-4-2-12(3-5-13)16(23)21-6-8-22(9-7-21)17(24)14-10-20-15(11-19-14)18(25)26/h2-5,10-11H,6-9H2,1H3,(H,25,26). The summed E-state index contributed by atoms with van der Waals surface area (Å²) in [6, 6.07) is 6.87. The number of hydrogen-bond donors (Lipinski definition) is 1. The average Bonchev–Trinajstić information content (AvgIpc) is 2.73. The van der Waals surface area contributed by atoms with Crippen molar-refractivity contribution in [1.29, 1.82) is 0 Å². The predicted molar refractivity (Wildman–Crippen MR) is 93.8 cm³/mol. The Kier molecular flexibility index (Phi) is 5.30. The van der Waals surface area contributed by atoms with Gasteiger partial charge in [-0.25, -0.2) is 14.8 Å². The molecule has 0 atom stereocenters. The lowest BCUT2D eigenvalue weighted by molar-refractivity contribution is 0.0531. The van der Waals surface area contributed by atoms with Gasteiger partial charge in [0.05, 0.1) is 19.5 Å². The molecule has 1 aromatic carbocycles. The van der Waals surface area contributed by atoms with Crippen LogP contribution in [0, 0.1) is 0 Å². The van der Waals surface area contributed by atoms with Crippen molar-refractivity contribution >= 4 is 17.8 Å². The summed E-state index contributed by atoms with van der Waals surface area (Å²) in [5, 5.41) is 8.83. The number of aromatic carboxylic acids is 1. The average molecular weight is 370 g/mol. The molecular formula is C18H18N4O5. The third kappa shape index (κ3) is 4.02. The molecule has 1 N–H and O–H groups in total. The van der Waals surface area contributed by atoms with E-state index in [-0.39, 0.29) is 23.2 Å². The molecule has 1 aliphatic heterocycles. The van der Waals surface area contributed by atoms with Crippen molar-refractivity contribution in [3.05, 3.63) is 53.6 Å². The van der Waals surface area contributed by atoms with Gasteiger partial charge in [-0.2, -0.15) is 0 Å². The first-order valence-corrected chi connectivity index (χ1v) is 8.27. The summed E-state index contributed by atoms with van der Waals surface area (Å²) in [7, 11) is 1.56. The van der Waals surface area contributed by atoms with Gasteiger partial charge < -0.3 is 19.6 Å². The van der Waals surface area contributed by atoms with Crippen molar-refractivity contribution in [3.63, 3.8) is 0 Å². The fourth-order valence-electron chi connectivity index (χ4n) is 2.74. The maximum absolute atomic E-state index is 12.6. The summed E-state index contributed by atoms with van der Waals surface area (Å²) in [6.07, 6.45) is 2.21. The van der Waals surface area contributed by atoms with Crippen LogP contribution in [0.4, 0.5) is 0 Å². The van der Waals surface area contributed by atoms with Gasteiger partial charge in [0.2, 0.25) is 0 Å². The number of amides is 2. The van der Waals surface area contributed by atoms with Gasteiger partial charge in [-0.3, -0.25) is 9.59 Å². The van der Waals surface area contributed by atoms with E-state index in [1.54, 1.807) is 41.2 Å². The Morgan fingerprint density at radius 2 is 1.41 bits per heavy atom. The van der Waals surface area contributed by atoms with Gasteiger partial charge in [-0.1, -0.05) is 0 Å². The van der Waals surface area contributed by atoms with Gasteiger partial charge in [0, 0.05) is 31.7 Å². The maximum atomic E-state index is 12.6. The van der Waals surface area contributed by atoms with Crippen LogP contribution >= 0.6 is 0 Å². The zero-order valence-corrected chi connectivity index (χ0v) is 14.7. The number of carbonyl (C=O) groups excluding carboxylic acids is 2. The summed E-state index contributed by atoms with van der Waals surface area (Å²) in [4.78, 5) is 46.6. The van der Waals surface area contributed by atoms with Gasteiger partial charge in [0.25, 0.3) is 11.8 Å². The summed E-state index contributed by atoms with van der Waals surface area (Å²) in [5.74, 6) is -0.963. The van der Waals surface area contributed by atoms with Crippen molar-refractivity contribution in [2.45, 2.75) is 0 Å². The van der Waals surface area contributed by atoms with Crippen LogP contribution < -0.4 is 4.74 Å². The molecule has 3 rings (SSSR count). The maximum Gasteiger partial charge on any atom is 0.356 e. The van der Waals surface area contributed by atoms with Crippen molar-refractivity contribution in [3.8, 4) is 5.75 Å². The Morgan fingerprint density at radius 3 is 1.89 bits per heavy atom. The number of benzene rings is 1. The molecule has 9 heteroatoms. The summed E-state index contributed by atoms with van der Waals surface area (Å²) >= 11 is 0. The van der Waals surface area contributed by atoms with Crippen LogP contribution in [-0.4, -0.2) is 75.9 Å². The number of carboxylic acids is 1. The highest BCUT2D eigenvalue weighted by Gasteiger charge is 2.26. The lowest BCUT2D eigenvalue weighted by Crippen LogP contribution is -2.50. The molecular weight excluding hydrogens is 352 g/mol. The summed E-state index contributed by atoms with van der Waals surface area (Å²) < 4.78 is 5.08. The quantitative estimate of drug-likeness (QED) is 0.846. The highest BCUT2D eigenvalue weighted by Crippen LogP contribution is 2.15. The van der Waals surface area contributed by atoms with Crippen molar-refractivity contribution in [2.24, 2.45) is 0 Å². The lowest BCUT2D eigenvalue weighted by Gasteiger charge is -2.34. The first-order chi connectivity index (χ1) is 13.0. The number of aromatic nitrogens is 2. The molecule has 0 aliphatic carbocycles. The molecule has 2 heterocycles. The van der Waals surface area contributed by atoms with Gasteiger partial charge in [0.15, 0.2) is 5.69 Å². The Hall–Kier alpha value is -3.49. The minimum Gasteiger partial charge on any atom is -0.497 e. The van der Waals surface area contributed by atoms with Crippen molar-refractivity contribution in [2.75, 3.05) is 33.3 Å². The van der Waals surface area contributed by atoms with Crippen LogP contribution in [0.3, 0.4) is 0 Å². The molecule has 1 fully saturated rings. The topological polar surface area (TPSA) is 113 Å². The lowest BCUT2D eigenvalue weighted by atomic mass is 10.1. The van der Waals surface area contributed by atoms with Crippen LogP contribution in [0.25, 0.3) is 0 Å². The van der Waals surface area contributed by atoms with Crippen LogP contribution in [-0.2, 0) is 0 Å². The molecule has 1 aromatic heterocycles. The van der Waals surface area contributed by atoms with Gasteiger partial charge >= 0.3 is 5.97 Å². The first kappa shape index (κ1) is 18.3. The van der Waals surface area contributed by atoms with E-state index in [1.807, 2.05) is 0 Å². The second-order valence-electron chi connectivity index (χ2n) is 5.90. The Morgan fingerprint density at radius 1 is 0.889 bits per heavy atom. The first-order valence-electron chi connectivity index (χ1n) is 8.27. The third-order valence-electron chi connectivity index (χ3n) is 4.28. The number of methoxy groups -OCH3 is 1. The molecule has 2 amide bonds. The number of ether oxygens (including phenoxy) is 1. The zero-order chi connectivity index (χ0) is 19.4. The Bertz CT molecular complexity index is 843. The molecule has 9 nitrogen and oxygen atoms in total. The van der Waals surface area contributed by atoms with E-state index < -0.39 is 5.97 Å². The largest absolute Gasteiger partial charge is 0.497 e. The van der Waals surface area contributed by atoms with E-state index in [9.17, 15) is 14.4 Å². The fraction of sp³-hybridized carbons (Fsp3) is 0.278. The van der Waals surface area contributed by atoms with E-state index >= 15 is 0 Å². The molecule has 140 valence electrons. The molecule has 0 spiro atoms. The van der Waals surface area contributed by atoms with E-state index in [0.29, 0.717) is 37.5 Å². The molecule has 0 saturated carbocycles. The fourth-order valence-corrected chi connectivity index (χ4v) is 2.74. The molecule has 2 aromatic rings. The summed E-state index contributed by atoms with van der Waals surface area (Å²) in [5.41, 5.74) is 0.419. The number of hydrogen-bond acceptors (Lipinski definition) is 6. The normalized spacial score (nSPS) is 14.0. The summed E-state index contributed by atoms with van der Waals surface area (Å²) in [6.45, 7) is 1.53. The highest BCUT2D eigenvalue weighted by atomic mass is 16.5. The van der Waals surface area contributed by atoms with Crippen LogP contribution in [0.2, 0.25) is 0 Å². The number of carbonyl (C=O) groups is 3. The smallest absolute Gasteiger partial charge is 0.356 e. The third-order valence-corrected chi connectivity index (χ3v) is 4.28. The predicted octanol–water partition coefficient (Wildman–Crippen LogP) is 0.782. The van der Waals surface area contributed by atoms with Crippen LogP contribution in [0.15, 0.2) is 36.7 Å². The van der Waals surface area contributed by atoms with Gasteiger partial charge in [-0.15, -0.1) is 0 Å².